The number of rotatable bonds is 1. The largest absolute Gasteiger partial charge is 0.375 e. The molecule has 0 saturated carbocycles. The number of nitrogens with two attached hydrogens (primary N) is 1. The summed E-state index contributed by atoms with van der Waals surface area (Å²) in [4.78, 5) is 15.7. The average Bonchev–Trinajstić information content (AvgIpc) is 2.73. The smallest absolute Gasteiger partial charge is 0.283 e. The minimum Gasteiger partial charge on any atom is -0.375 e. The van der Waals surface area contributed by atoms with Gasteiger partial charge < -0.3 is 5.73 Å². The first-order chi connectivity index (χ1) is 8.25. The van der Waals surface area contributed by atoms with Crippen molar-refractivity contribution in [2.75, 3.05) is 5.73 Å². The Labute approximate surface area is 99.9 Å². The Kier molecular flexibility index (Phi) is 2.15. The van der Waals surface area contributed by atoms with Gasteiger partial charge in [0.05, 0.1) is 0 Å². The molecule has 0 saturated heterocycles. The molecule has 5 nitrogen and oxygen atoms in total. The molecule has 84 valence electrons. The van der Waals surface area contributed by atoms with E-state index in [9.17, 15) is 4.79 Å². The monoisotopic (exact) mass is 244 g/mol. The molecule has 0 fully saturated rings. The summed E-state index contributed by atoms with van der Waals surface area (Å²) in [6, 6.07) is 9.56. The first kappa shape index (κ1) is 9.98. The number of H-pyrrole nitrogens is 1. The maximum atomic E-state index is 11.6. The van der Waals surface area contributed by atoms with Crippen molar-refractivity contribution in [1.29, 1.82) is 0 Å². The van der Waals surface area contributed by atoms with Crippen molar-refractivity contribution in [2.45, 2.75) is 0 Å². The lowest BCUT2D eigenvalue weighted by Crippen LogP contribution is -2.07. The Morgan fingerprint density at radius 3 is 2.76 bits per heavy atom. The number of aromatic amines is 1. The predicted molar refractivity (Wildman–Crippen MR) is 67.9 cm³/mol. The standard InChI is InChI=1S/C11H8N4OS/c12-11-13-8-7(6-4-2-1-3-5-6)14-15-10(16)9(8)17-11/h1-5H,(H2,12,13)(H,15,16). The van der Waals surface area contributed by atoms with Gasteiger partial charge in [-0.3, -0.25) is 4.79 Å². The molecular formula is C11H8N4OS. The van der Waals surface area contributed by atoms with Gasteiger partial charge in [-0.25, -0.2) is 10.1 Å². The average molecular weight is 244 g/mol. The zero-order valence-electron chi connectivity index (χ0n) is 8.68. The van der Waals surface area contributed by atoms with E-state index in [1.54, 1.807) is 0 Å². The Balaban J connectivity index is 2.38. The van der Waals surface area contributed by atoms with Crippen LogP contribution in [0.4, 0.5) is 5.13 Å². The number of hydrogen-bond acceptors (Lipinski definition) is 5. The van der Waals surface area contributed by atoms with Gasteiger partial charge in [-0.05, 0) is 0 Å². The van der Waals surface area contributed by atoms with Crippen LogP contribution in [0.25, 0.3) is 21.5 Å². The topological polar surface area (TPSA) is 84.7 Å². The highest BCUT2D eigenvalue weighted by Crippen LogP contribution is 2.27. The van der Waals surface area contributed by atoms with Crippen LogP contribution in [0.15, 0.2) is 35.1 Å². The highest BCUT2D eigenvalue weighted by atomic mass is 32.1. The second-order valence-corrected chi connectivity index (χ2v) is 4.53. The minimum atomic E-state index is -0.256. The summed E-state index contributed by atoms with van der Waals surface area (Å²) in [5.41, 5.74) is 7.48. The second kappa shape index (κ2) is 3.67. The lowest BCUT2D eigenvalue weighted by molar-refractivity contribution is 1.02. The number of nitrogens with zero attached hydrogens (tertiary/aromatic N) is 2. The third kappa shape index (κ3) is 1.58. The first-order valence-corrected chi connectivity index (χ1v) is 5.77. The van der Waals surface area contributed by atoms with Crippen LogP contribution >= 0.6 is 11.3 Å². The lowest BCUT2D eigenvalue weighted by Gasteiger charge is -1.99. The van der Waals surface area contributed by atoms with Crippen LogP contribution in [0.3, 0.4) is 0 Å². The molecule has 0 aliphatic heterocycles. The second-order valence-electron chi connectivity index (χ2n) is 3.50. The summed E-state index contributed by atoms with van der Waals surface area (Å²) in [5.74, 6) is 0. The van der Waals surface area contributed by atoms with Crippen LogP contribution in [0.2, 0.25) is 0 Å². The number of nitrogens with one attached hydrogen (secondary N) is 1. The van der Waals surface area contributed by atoms with E-state index in [-0.39, 0.29) is 5.56 Å². The van der Waals surface area contributed by atoms with Crippen molar-refractivity contribution in [1.82, 2.24) is 15.2 Å². The third-order valence-electron chi connectivity index (χ3n) is 2.39. The van der Waals surface area contributed by atoms with Gasteiger partial charge in [0.2, 0.25) is 0 Å². The first-order valence-electron chi connectivity index (χ1n) is 4.96. The van der Waals surface area contributed by atoms with E-state index >= 15 is 0 Å². The number of fused-ring (bicyclic) bond motifs is 1. The van der Waals surface area contributed by atoms with Crippen LogP contribution in [0.1, 0.15) is 0 Å². The van der Waals surface area contributed by atoms with Crippen molar-refractivity contribution >= 4 is 26.7 Å². The zero-order chi connectivity index (χ0) is 11.8. The van der Waals surface area contributed by atoms with E-state index in [2.05, 4.69) is 15.2 Å². The summed E-state index contributed by atoms with van der Waals surface area (Å²) in [6.07, 6.45) is 0. The summed E-state index contributed by atoms with van der Waals surface area (Å²) in [7, 11) is 0. The van der Waals surface area contributed by atoms with Crippen LogP contribution < -0.4 is 11.3 Å². The predicted octanol–water partition coefficient (Wildman–Crippen LogP) is 1.63. The van der Waals surface area contributed by atoms with Crippen molar-refractivity contribution < 1.29 is 0 Å². The SMILES string of the molecule is Nc1nc2c(-c3ccccc3)n[nH]c(=O)c2s1. The molecule has 2 aromatic heterocycles. The molecule has 6 heteroatoms. The quantitative estimate of drug-likeness (QED) is 0.681. The van der Waals surface area contributed by atoms with Crippen LogP contribution in [-0.2, 0) is 0 Å². The lowest BCUT2D eigenvalue weighted by atomic mass is 10.1. The van der Waals surface area contributed by atoms with E-state index in [4.69, 9.17) is 5.73 Å². The number of anilines is 1. The molecule has 0 amide bonds. The third-order valence-corrected chi connectivity index (χ3v) is 3.27. The molecule has 0 bridgehead atoms. The summed E-state index contributed by atoms with van der Waals surface area (Å²) in [5, 5.41) is 6.88. The van der Waals surface area contributed by atoms with Crippen molar-refractivity contribution in [2.24, 2.45) is 0 Å². The van der Waals surface area contributed by atoms with Gasteiger partial charge in [-0.2, -0.15) is 5.10 Å². The molecule has 0 aliphatic carbocycles. The Morgan fingerprint density at radius 2 is 2.00 bits per heavy atom. The molecule has 3 aromatic rings. The van der Waals surface area contributed by atoms with Crippen LogP contribution in [-0.4, -0.2) is 15.2 Å². The number of hydrogen-bond donors (Lipinski definition) is 2. The maximum absolute atomic E-state index is 11.6. The summed E-state index contributed by atoms with van der Waals surface area (Å²) < 4.78 is 0.511. The van der Waals surface area contributed by atoms with E-state index in [0.29, 0.717) is 21.0 Å². The van der Waals surface area contributed by atoms with E-state index in [1.165, 1.54) is 11.3 Å². The van der Waals surface area contributed by atoms with E-state index in [1.807, 2.05) is 30.3 Å². The number of nitrogen functional groups attached to an aromatic ring is 1. The molecule has 2 heterocycles. The van der Waals surface area contributed by atoms with Gasteiger partial charge in [0, 0.05) is 5.56 Å². The molecule has 0 unspecified atom stereocenters. The number of aromatic nitrogens is 3. The van der Waals surface area contributed by atoms with Gasteiger partial charge in [-0.1, -0.05) is 41.7 Å². The Morgan fingerprint density at radius 1 is 1.24 bits per heavy atom. The molecule has 0 spiro atoms. The molecule has 0 aliphatic rings. The highest BCUT2D eigenvalue weighted by Gasteiger charge is 2.12. The fraction of sp³-hybridized carbons (Fsp3) is 0. The van der Waals surface area contributed by atoms with Gasteiger partial charge in [0.25, 0.3) is 5.56 Å². The molecule has 3 rings (SSSR count). The number of benzene rings is 1. The Hall–Kier alpha value is -2.21. The molecular weight excluding hydrogens is 236 g/mol. The molecule has 3 N–H and O–H groups in total. The van der Waals surface area contributed by atoms with Crippen LogP contribution in [0.5, 0.6) is 0 Å². The fourth-order valence-corrected chi connectivity index (χ4v) is 2.38. The molecule has 0 radical (unpaired) electrons. The van der Waals surface area contributed by atoms with Gasteiger partial charge >= 0.3 is 0 Å². The van der Waals surface area contributed by atoms with Crippen molar-refractivity contribution in [3.05, 3.63) is 40.7 Å². The normalized spacial score (nSPS) is 10.8. The van der Waals surface area contributed by atoms with Gasteiger partial charge in [0.1, 0.15) is 15.9 Å². The van der Waals surface area contributed by atoms with Crippen molar-refractivity contribution in [3.63, 3.8) is 0 Å². The van der Waals surface area contributed by atoms with Crippen LogP contribution in [0, 0.1) is 0 Å². The fourth-order valence-electron chi connectivity index (χ4n) is 1.66. The summed E-state index contributed by atoms with van der Waals surface area (Å²) >= 11 is 1.17. The minimum absolute atomic E-state index is 0.256. The van der Waals surface area contributed by atoms with E-state index in [0.717, 1.165) is 5.56 Å². The molecule has 1 aromatic carbocycles. The maximum Gasteiger partial charge on any atom is 0.283 e. The zero-order valence-corrected chi connectivity index (χ0v) is 9.49. The van der Waals surface area contributed by atoms with E-state index < -0.39 is 0 Å². The highest BCUT2D eigenvalue weighted by molar-refractivity contribution is 7.22. The number of thiazole rings is 1. The molecule has 0 atom stereocenters. The van der Waals surface area contributed by atoms with Gasteiger partial charge in [-0.15, -0.1) is 0 Å². The summed E-state index contributed by atoms with van der Waals surface area (Å²) in [6.45, 7) is 0. The Bertz CT molecular complexity index is 732. The van der Waals surface area contributed by atoms with Gasteiger partial charge in [0.15, 0.2) is 5.13 Å². The van der Waals surface area contributed by atoms with Crippen molar-refractivity contribution in [3.8, 4) is 11.3 Å². The molecule has 17 heavy (non-hydrogen) atoms.